The second-order valence-electron chi connectivity index (χ2n) is 12.2. The van der Waals surface area contributed by atoms with Gasteiger partial charge >= 0.3 is 6.01 Å². The SMILES string of the molecule is [C-]#[N+]C[C@H]1CN(c2nc(OCCCN3C[C@@H]4C[C@H]3CO4)nc3c(F)c(-c4cccc5cccc(Cl)c45)ncc23)CCN1C(=O)/C=C/CF. The van der Waals surface area contributed by atoms with Crippen LogP contribution in [0.5, 0.6) is 6.01 Å². The maximum atomic E-state index is 16.7. The van der Waals surface area contributed by atoms with Gasteiger partial charge in [-0.3, -0.25) is 14.7 Å². The van der Waals surface area contributed by atoms with Crippen molar-refractivity contribution in [3.63, 3.8) is 0 Å². The number of ether oxygens (including phenoxy) is 2. The lowest BCUT2D eigenvalue weighted by atomic mass is 10.0. The van der Waals surface area contributed by atoms with Gasteiger partial charge in [0.15, 0.2) is 5.82 Å². The highest BCUT2D eigenvalue weighted by Crippen LogP contribution is 2.37. The zero-order valence-corrected chi connectivity index (χ0v) is 27.0. The van der Waals surface area contributed by atoms with E-state index >= 15 is 4.39 Å². The van der Waals surface area contributed by atoms with Gasteiger partial charge < -0.3 is 24.1 Å². The molecule has 0 aliphatic carbocycles. The molecule has 5 heterocycles. The van der Waals surface area contributed by atoms with Crippen LogP contribution in [0.4, 0.5) is 14.6 Å². The average Bonchev–Trinajstić information content (AvgIpc) is 3.73. The normalized spacial score (nSPS) is 21.1. The molecule has 1 amide bonds. The van der Waals surface area contributed by atoms with Crippen LogP contribution >= 0.6 is 11.6 Å². The standard InChI is InChI=1S/C35H34ClF2N7O3/c1-39-17-24-19-44(13-14-45(24)29(46)10-4-11-37)34-27-18-40-32(26-8-2-6-22-7-3-9-28(36)30(22)26)31(38)33(27)41-35(42-34)47-15-5-12-43-20-25-16-23(43)21-48-25/h2-4,6-10,18,23-25H,5,11-17,19-21H2/b10-4+/t23-,24-,25-/m0/s1. The van der Waals surface area contributed by atoms with E-state index in [1.54, 1.807) is 23.2 Å². The number of rotatable bonds is 10. The molecule has 0 spiro atoms. The van der Waals surface area contributed by atoms with Crippen molar-refractivity contribution in [2.24, 2.45) is 0 Å². The molecule has 248 valence electrons. The molecule has 48 heavy (non-hydrogen) atoms. The first-order valence-electron chi connectivity index (χ1n) is 16.1. The first-order chi connectivity index (χ1) is 23.4. The maximum absolute atomic E-state index is 16.7. The van der Waals surface area contributed by atoms with Crippen molar-refractivity contribution >= 4 is 45.0 Å². The van der Waals surface area contributed by atoms with Gasteiger partial charge in [-0.05, 0) is 30.4 Å². The topological polar surface area (TPSA) is 88.3 Å². The van der Waals surface area contributed by atoms with E-state index in [9.17, 15) is 9.18 Å². The number of aromatic nitrogens is 3. The fourth-order valence-corrected chi connectivity index (χ4v) is 7.32. The number of likely N-dealkylation sites (tertiary alicyclic amines) is 1. The summed E-state index contributed by atoms with van der Waals surface area (Å²) in [6.07, 6.45) is 6.01. The minimum Gasteiger partial charge on any atom is -0.463 e. The number of hydrogen-bond acceptors (Lipinski definition) is 8. The highest BCUT2D eigenvalue weighted by atomic mass is 35.5. The summed E-state index contributed by atoms with van der Waals surface area (Å²) in [5.41, 5.74) is 0.683. The maximum Gasteiger partial charge on any atom is 0.319 e. The van der Waals surface area contributed by atoms with Crippen LogP contribution in [-0.2, 0) is 9.53 Å². The number of hydrogen-bond donors (Lipinski definition) is 0. The molecular formula is C35H34ClF2N7O3. The number of benzene rings is 2. The van der Waals surface area contributed by atoms with Crippen LogP contribution in [0.25, 0.3) is 37.8 Å². The Balaban J connectivity index is 1.23. The molecule has 2 aromatic heterocycles. The second kappa shape index (κ2) is 14.0. The average molecular weight is 674 g/mol. The van der Waals surface area contributed by atoms with Gasteiger partial charge in [-0.15, -0.1) is 0 Å². The monoisotopic (exact) mass is 673 g/mol. The number of carbonyl (C=O) groups is 1. The van der Waals surface area contributed by atoms with Crippen molar-refractivity contribution in [2.75, 3.05) is 64.1 Å². The van der Waals surface area contributed by atoms with E-state index in [1.165, 1.54) is 6.08 Å². The van der Waals surface area contributed by atoms with Gasteiger partial charge in [-0.2, -0.15) is 9.97 Å². The van der Waals surface area contributed by atoms with Gasteiger partial charge in [-0.1, -0.05) is 41.9 Å². The molecule has 10 nitrogen and oxygen atoms in total. The molecule has 4 aromatic rings. The molecule has 13 heteroatoms. The number of carbonyl (C=O) groups excluding carboxylic acids is 1. The lowest BCUT2D eigenvalue weighted by molar-refractivity contribution is -0.128. The lowest BCUT2D eigenvalue weighted by Gasteiger charge is -2.39. The highest BCUT2D eigenvalue weighted by Gasteiger charge is 2.38. The number of piperazine rings is 1. The summed E-state index contributed by atoms with van der Waals surface area (Å²) in [7, 11) is 0. The van der Waals surface area contributed by atoms with Crippen molar-refractivity contribution in [1.82, 2.24) is 24.8 Å². The van der Waals surface area contributed by atoms with Crippen molar-refractivity contribution in [2.45, 2.75) is 31.0 Å². The minimum absolute atomic E-state index is 0.0295. The summed E-state index contributed by atoms with van der Waals surface area (Å²) in [6.45, 7) is 10.5. The molecule has 0 unspecified atom stereocenters. The number of amides is 1. The third kappa shape index (κ3) is 6.25. The molecule has 3 fully saturated rings. The number of fused-ring (bicyclic) bond motifs is 4. The summed E-state index contributed by atoms with van der Waals surface area (Å²) in [6, 6.07) is 11.0. The Bertz CT molecular complexity index is 1920. The summed E-state index contributed by atoms with van der Waals surface area (Å²) >= 11 is 6.59. The summed E-state index contributed by atoms with van der Waals surface area (Å²) in [5.74, 6) is -0.593. The molecular weight excluding hydrogens is 640 g/mol. The predicted octanol–water partition coefficient (Wildman–Crippen LogP) is 5.34. The molecule has 3 atom stereocenters. The number of alkyl halides is 1. The summed E-state index contributed by atoms with van der Waals surface area (Å²) in [4.78, 5) is 36.1. The smallest absolute Gasteiger partial charge is 0.319 e. The summed E-state index contributed by atoms with van der Waals surface area (Å²) in [5, 5.41) is 2.39. The number of morpholine rings is 1. The third-order valence-electron chi connectivity index (χ3n) is 9.30. The third-order valence-corrected chi connectivity index (χ3v) is 9.62. The second-order valence-corrected chi connectivity index (χ2v) is 12.6. The van der Waals surface area contributed by atoms with E-state index in [0.29, 0.717) is 52.5 Å². The Hall–Kier alpha value is -4.44. The van der Waals surface area contributed by atoms with Gasteiger partial charge in [0, 0.05) is 67.0 Å². The van der Waals surface area contributed by atoms with Crippen LogP contribution in [0.3, 0.4) is 0 Å². The van der Waals surface area contributed by atoms with E-state index in [2.05, 4.69) is 19.7 Å². The van der Waals surface area contributed by atoms with Crippen molar-refractivity contribution in [3.05, 3.63) is 77.0 Å². The molecule has 2 aromatic carbocycles. The Morgan fingerprint density at radius 1 is 1.19 bits per heavy atom. The molecule has 3 aliphatic rings. The number of anilines is 1. The first kappa shape index (κ1) is 32.1. The van der Waals surface area contributed by atoms with E-state index in [4.69, 9.17) is 32.6 Å². The highest BCUT2D eigenvalue weighted by molar-refractivity contribution is 6.36. The zero-order chi connectivity index (χ0) is 33.2. The number of nitrogens with zero attached hydrogens (tertiary/aromatic N) is 7. The Labute approximate surface area is 281 Å². The number of allylic oxidation sites excluding steroid dienone is 1. The fourth-order valence-electron chi connectivity index (χ4n) is 7.03. The van der Waals surface area contributed by atoms with Gasteiger partial charge in [0.05, 0.1) is 24.7 Å². The molecule has 0 N–H and O–H groups in total. The van der Waals surface area contributed by atoms with Gasteiger partial charge in [0.1, 0.15) is 29.7 Å². The minimum atomic E-state index is -0.756. The van der Waals surface area contributed by atoms with Gasteiger partial charge in [0.2, 0.25) is 12.5 Å². The molecule has 7 rings (SSSR count). The van der Waals surface area contributed by atoms with Crippen LogP contribution < -0.4 is 9.64 Å². The Morgan fingerprint density at radius 2 is 2.04 bits per heavy atom. The largest absolute Gasteiger partial charge is 0.463 e. The van der Waals surface area contributed by atoms with Gasteiger partial charge in [-0.25, -0.2) is 15.4 Å². The number of halogens is 3. The Kier molecular flexibility index (Phi) is 9.34. The van der Waals surface area contributed by atoms with E-state index in [1.807, 2.05) is 29.2 Å². The number of pyridine rings is 1. The zero-order valence-electron chi connectivity index (χ0n) is 26.2. The van der Waals surface area contributed by atoms with E-state index in [0.717, 1.165) is 44.0 Å². The fraction of sp³-hybridized carbons (Fsp3) is 0.400. The van der Waals surface area contributed by atoms with Crippen LogP contribution in [-0.4, -0.2) is 108 Å². The van der Waals surface area contributed by atoms with E-state index < -0.39 is 18.5 Å². The molecule has 3 aliphatic heterocycles. The van der Waals surface area contributed by atoms with Crippen LogP contribution in [0.1, 0.15) is 12.8 Å². The van der Waals surface area contributed by atoms with E-state index in [-0.39, 0.29) is 42.8 Å². The lowest BCUT2D eigenvalue weighted by Crippen LogP contribution is -2.56. The van der Waals surface area contributed by atoms with Crippen molar-refractivity contribution in [3.8, 4) is 17.3 Å². The quantitative estimate of drug-likeness (QED) is 0.127. The first-order valence-corrected chi connectivity index (χ1v) is 16.5. The molecule has 3 saturated heterocycles. The molecule has 0 saturated carbocycles. The molecule has 2 bridgehead atoms. The summed E-state index contributed by atoms with van der Waals surface area (Å²) < 4.78 is 41.2. The Morgan fingerprint density at radius 3 is 2.81 bits per heavy atom. The van der Waals surface area contributed by atoms with Gasteiger partial charge in [0.25, 0.3) is 0 Å². The van der Waals surface area contributed by atoms with Crippen LogP contribution in [0, 0.1) is 12.4 Å². The van der Waals surface area contributed by atoms with Crippen molar-refractivity contribution in [1.29, 1.82) is 0 Å². The molecule has 0 radical (unpaired) electrons. The van der Waals surface area contributed by atoms with Crippen LogP contribution in [0.2, 0.25) is 5.02 Å². The predicted molar refractivity (Wildman–Crippen MR) is 179 cm³/mol. The van der Waals surface area contributed by atoms with Crippen LogP contribution in [0.15, 0.2) is 54.7 Å². The van der Waals surface area contributed by atoms with Crippen molar-refractivity contribution < 1.29 is 23.0 Å².